The molecule has 1 amide bonds. The zero-order chi connectivity index (χ0) is 18.5. The van der Waals surface area contributed by atoms with Crippen LogP contribution in [0.4, 0.5) is 0 Å². The van der Waals surface area contributed by atoms with Crippen molar-refractivity contribution in [1.82, 2.24) is 20.1 Å². The summed E-state index contributed by atoms with van der Waals surface area (Å²) < 4.78 is 0. The number of carbonyl (C=O) groups excluding carboxylic acids is 1. The molecule has 0 radical (unpaired) electrons. The number of hydrogen-bond acceptors (Lipinski definition) is 3. The van der Waals surface area contributed by atoms with Gasteiger partial charge in [-0.1, -0.05) is 30.3 Å². The molecular formula is C22H24N4O. The smallest absolute Gasteiger partial charge is 0.272 e. The molecule has 5 heteroatoms. The van der Waals surface area contributed by atoms with Crippen molar-refractivity contribution in [3.05, 3.63) is 72.2 Å². The highest BCUT2D eigenvalue weighted by Crippen LogP contribution is 2.24. The second-order valence-corrected chi connectivity index (χ2v) is 7.08. The van der Waals surface area contributed by atoms with Crippen LogP contribution in [0.25, 0.3) is 11.3 Å². The molecular weight excluding hydrogens is 336 g/mol. The summed E-state index contributed by atoms with van der Waals surface area (Å²) in [6, 6.07) is 16.4. The molecule has 1 aliphatic heterocycles. The van der Waals surface area contributed by atoms with Crippen LogP contribution in [-0.4, -0.2) is 38.6 Å². The zero-order valence-electron chi connectivity index (χ0n) is 15.3. The maximum Gasteiger partial charge on any atom is 0.272 e. The first-order chi connectivity index (χ1) is 13.3. The molecule has 1 aliphatic rings. The number of carbonyl (C=O) groups is 1. The number of nitrogens with zero attached hydrogens (tertiary/aromatic N) is 3. The van der Waals surface area contributed by atoms with Crippen molar-refractivity contribution in [3.8, 4) is 11.3 Å². The van der Waals surface area contributed by atoms with Gasteiger partial charge in [0.05, 0.1) is 5.69 Å². The lowest BCUT2D eigenvalue weighted by molar-refractivity contribution is 0.0596. The molecule has 4 rings (SSSR count). The lowest BCUT2D eigenvalue weighted by Crippen LogP contribution is -2.44. The number of nitrogens with one attached hydrogen (secondary N) is 1. The highest BCUT2D eigenvalue weighted by Gasteiger charge is 2.28. The first-order valence-electron chi connectivity index (χ1n) is 9.62. The van der Waals surface area contributed by atoms with Crippen LogP contribution in [0.1, 0.15) is 41.7 Å². The number of piperidine rings is 1. The Bertz CT molecular complexity index is 876. The summed E-state index contributed by atoms with van der Waals surface area (Å²) in [7, 11) is 0. The highest BCUT2D eigenvalue weighted by atomic mass is 16.2. The molecule has 3 heterocycles. The lowest BCUT2D eigenvalue weighted by Gasteiger charge is -2.35. The number of H-pyrrole nitrogens is 1. The van der Waals surface area contributed by atoms with Crippen molar-refractivity contribution in [2.45, 2.75) is 38.1 Å². The first kappa shape index (κ1) is 17.5. The van der Waals surface area contributed by atoms with Gasteiger partial charge in [-0.3, -0.25) is 14.9 Å². The molecule has 0 unspecified atom stereocenters. The van der Waals surface area contributed by atoms with Crippen molar-refractivity contribution >= 4 is 5.91 Å². The van der Waals surface area contributed by atoms with E-state index in [0.717, 1.165) is 43.5 Å². The van der Waals surface area contributed by atoms with Crippen LogP contribution < -0.4 is 0 Å². The largest absolute Gasteiger partial charge is 0.334 e. The van der Waals surface area contributed by atoms with Crippen LogP contribution in [-0.2, 0) is 6.42 Å². The molecule has 0 bridgehead atoms. The average Bonchev–Trinajstić information content (AvgIpc) is 3.24. The van der Waals surface area contributed by atoms with Gasteiger partial charge in [-0.25, -0.2) is 0 Å². The SMILES string of the molecule is O=C(c1cc(-c2ccncc2)n[nH]1)N1CCCC[C@@H]1CCc1ccccc1. The Morgan fingerprint density at radius 3 is 2.74 bits per heavy atom. The summed E-state index contributed by atoms with van der Waals surface area (Å²) in [4.78, 5) is 19.2. The van der Waals surface area contributed by atoms with Gasteiger partial charge in [-0.2, -0.15) is 5.10 Å². The molecule has 1 atom stereocenters. The Labute approximate surface area is 159 Å². The summed E-state index contributed by atoms with van der Waals surface area (Å²) in [5.74, 6) is 0.0561. The molecule has 1 fully saturated rings. The number of amides is 1. The second kappa shape index (κ2) is 8.16. The van der Waals surface area contributed by atoms with Crippen molar-refractivity contribution in [2.24, 2.45) is 0 Å². The van der Waals surface area contributed by atoms with E-state index in [9.17, 15) is 4.79 Å². The van der Waals surface area contributed by atoms with Crippen LogP contribution in [0.5, 0.6) is 0 Å². The van der Waals surface area contributed by atoms with Crippen LogP contribution in [0.2, 0.25) is 0 Å². The van der Waals surface area contributed by atoms with Gasteiger partial charge in [0.1, 0.15) is 5.69 Å². The summed E-state index contributed by atoms with van der Waals surface area (Å²) in [6.45, 7) is 0.821. The van der Waals surface area contributed by atoms with Crippen molar-refractivity contribution < 1.29 is 4.79 Å². The van der Waals surface area contributed by atoms with E-state index >= 15 is 0 Å². The van der Waals surface area contributed by atoms with Gasteiger partial charge >= 0.3 is 0 Å². The third-order valence-corrected chi connectivity index (χ3v) is 5.28. The van der Waals surface area contributed by atoms with E-state index in [2.05, 4.69) is 39.4 Å². The maximum atomic E-state index is 13.1. The lowest BCUT2D eigenvalue weighted by atomic mass is 9.95. The van der Waals surface area contributed by atoms with Crippen molar-refractivity contribution in [1.29, 1.82) is 0 Å². The fourth-order valence-electron chi connectivity index (χ4n) is 3.80. The molecule has 5 nitrogen and oxygen atoms in total. The van der Waals surface area contributed by atoms with Gasteiger partial charge in [0.15, 0.2) is 0 Å². The van der Waals surface area contributed by atoms with Gasteiger partial charge in [0.25, 0.3) is 5.91 Å². The Balaban J connectivity index is 1.46. The Morgan fingerprint density at radius 1 is 1.11 bits per heavy atom. The van der Waals surface area contributed by atoms with Crippen LogP contribution in [0, 0.1) is 0 Å². The quantitative estimate of drug-likeness (QED) is 0.745. The van der Waals surface area contributed by atoms with E-state index in [-0.39, 0.29) is 5.91 Å². The molecule has 138 valence electrons. The molecule has 1 aromatic carbocycles. The molecule has 1 N–H and O–H groups in total. The minimum atomic E-state index is 0.0561. The molecule has 3 aromatic rings. The van der Waals surface area contributed by atoms with Gasteiger partial charge in [-0.05, 0) is 55.9 Å². The number of aryl methyl sites for hydroxylation is 1. The van der Waals surface area contributed by atoms with E-state index in [4.69, 9.17) is 0 Å². The second-order valence-electron chi connectivity index (χ2n) is 7.08. The third kappa shape index (κ3) is 4.08. The standard InChI is InChI=1S/C22H24N4O/c27-22(21-16-20(24-25-21)18-11-13-23-14-12-18)26-15-5-4-8-19(26)10-9-17-6-2-1-3-7-17/h1-3,6-7,11-14,16,19H,4-5,8-10,15H2,(H,24,25)/t19-/m1/s1. The summed E-state index contributed by atoms with van der Waals surface area (Å²) in [6.07, 6.45) is 8.80. The summed E-state index contributed by atoms with van der Waals surface area (Å²) >= 11 is 0. The molecule has 0 spiro atoms. The van der Waals surface area contributed by atoms with Gasteiger partial charge < -0.3 is 4.90 Å². The summed E-state index contributed by atoms with van der Waals surface area (Å²) in [5.41, 5.74) is 3.63. The fraction of sp³-hybridized carbons (Fsp3) is 0.318. The van der Waals surface area contributed by atoms with Crippen molar-refractivity contribution in [3.63, 3.8) is 0 Å². The number of likely N-dealkylation sites (tertiary alicyclic amines) is 1. The fourth-order valence-corrected chi connectivity index (χ4v) is 3.80. The number of rotatable bonds is 5. The van der Waals surface area contributed by atoms with Crippen LogP contribution >= 0.6 is 0 Å². The predicted octanol–water partition coefficient (Wildman–Crippen LogP) is 4.10. The van der Waals surface area contributed by atoms with Gasteiger partial charge in [0, 0.05) is 30.5 Å². The van der Waals surface area contributed by atoms with E-state index in [0.29, 0.717) is 11.7 Å². The van der Waals surface area contributed by atoms with E-state index in [1.807, 2.05) is 29.2 Å². The number of pyridine rings is 1. The van der Waals surface area contributed by atoms with Crippen LogP contribution in [0.15, 0.2) is 60.9 Å². The van der Waals surface area contributed by atoms with Crippen LogP contribution in [0.3, 0.4) is 0 Å². The Morgan fingerprint density at radius 2 is 1.93 bits per heavy atom. The Hall–Kier alpha value is -2.95. The first-order valence-corrected chi connectivity index (χ1v) is 9.62. The minimum absolute atomic E-state index is 0.0561. The average molecular weight is 360 g/mol. The van der Waals surface area contributed by atoms with E-state index < -0.39 is 0 Å². The normalized spacial score (nSPS) is 17.0. The molecule has 27 heavy (non-hydrogen) atoms. The minimum Gasteiger partial charge on any atom is -0.334 e. The van der Waals surface area contributed by atoms with Gasteiger partial charge in [0.2, 0.25) is 0 Å². The summed E-state index contributed by atoms with van der Waals surface area (Å²) in [5, 5.41) is 7.25. The number of benzene rings is 1. The molecule has 1 saturated heterocycles. The maximum absolute atomic E-state index is 13.1. The van der Waals surface area contributed by atoms with E-state index in [1.165, 1.54) is 12.0 Å². The highest BCUT2D eigenvalue weighted by molar-refractivity contribution is 5.93. The van der Waals surface area contributed by atoms with E-state index in [1.54, 1.807) is 12.4 Å². The number of aromatic nitrogens is 3. The monoisotopic (exact) mass is 360 g/mol. The number of hydrogen-bond donors (Lipinski definition) is 1. The number of aromatic amines is 1. The topological polar surface area (TPSA) is 61.9 Å². The third-order valence-electron chi connectivity index (χ3n) is 5.28. The molecule has 0 saturated carbocycles. The van der Waals surface area contributed by atoms with Crippen molar-refractivity contribution in [2.75, 3.05) is 6.54 Å². The van der Waals surface area contributed by atoms with Gasteiger partial charge in [-0.15, -0.1) is 0 Å². The predicted molar refractivity (Wildman–Crippen MR) is 105 cm³/mol. The zero-order valence-corrected chi connectivity index (χ0v) is 15.3. The molecule has 2 aromatic heterocycles. The Kier molecular flexibility index (Phi) is 5.28. The molecule has 0 aliphatic carbocycles.